The minimum absolute atomic E-state index is 0.00987. The number of rotatable bonds is 6. The Hall–Kier alpha value is -3.15. The Kier molecular flexibility index (Phi) is 5.26. The van der Waals surface area contributed by atoms with Crippen LogP contribution in [0.4, 0.5) is 0 Å². The number of hydrogen-bond acceptors (Lipinski definition) is 5. The number of imidazole rings is 1. The van der Waals surface area contributed by atoms with E-state index in [1.54, 1.807) is 48.3 Å². The maximum Gasteiger partial charge on any atom is 0.241 e. The summed E-state index contributed by atoms with van der Waals surface area (Å²) in [6, 6.07) is 14.2. The standard InChI is InChI=1S/C19H18N4O3S/c1-23-11-10-21-19(23)18(16-8-3-4-9-17(16)26-2)22-27(24,25)15-7-5-6-14(12-15)13-20/h3-12,18,22H,1-2H3/t18-/m1/s1. The van der Waals surface area contributed by atoms with E-state index >= 15 is 0 Å². The van der Waals surface area contributed by atoms with Gasteiger partial charge >= 0.3 is 0 Å². The third-order valence-electron chi connectivity index (χ3n) is 4.11. The first-order valence-corrected chi connectivity index (χ1v) is 9.57. The maximum atomic E-state index is 13.0. The number of para-hydroxylation sites is 1. The molecule has 3 aromatic rings. The SMILES string of the molecule is COc1ccccc1[C@@H](NS(=O)(=O)c1cccc(C#N)c1)c1nccn1C. The van der Waals surface area contributed by atoms with Gasteiger partial charge in [-0.2, -0.15) is 9.98 Å². The molecule has 0 aliphatic carbocycles. The van der Waals surface area contributed by atoms with Crippen molar-refractivity contribution < 1.29 is 13.2 Å². The molecule has 0 spiro atoms. The van der Waals surface area contributed by atoms with Crippen molar-refractivity contribution in [2.75, 3.05) is 7.11 Å². The van der Waals surface area contributed by atoms with Crippen LogP contribution >= 0.6 is 0 Å². The van der Waals surface area contributed by atoms with E-state index in [0.29, 0.717) is 17.1 Å². The third-order valence-corrected chi connectivity index (χ3v) is 5.53. The van der Waals surface area contributed by atoms with Gasteiger partial charge in [-0.25, -0.2) is 13.4 Å². The largest absolute Gasteiger partial charge is 0.496 e. The summed E-state index contributed by atoms with van der Waals surface area (Å²) >= 11 is 0. The minimum atomic E-state index is -3.92. The molecule has 27 heavy (non-hydrogen) atoms. The molecule has 0 radical (unpaired) electrons. The van der Waals surface area contributed by atoms with E-state index in [4.69, 9.17) is 10.00 Å². The number of nitriles is 1. The monoisotopic (exact) mass is 382 g/mol. The average molecular weight is 382 g/mol. The highest BCUT2D eigenvalue weighted by Crippen LogP contribution is 2.30. The lowest BCUT2D eigenvalue weighted by Crippen LogP contribution is -2.31. The summed E-state index contributed by atoms with van der Waals surface area (Å²) in [6.45, 7) is 0. The molecular weight excluding hydrogens is 364 g/mol. The predicted molar refractivity (Wildman–Crippen MR) is 99.5 cm³/mol. The molecule has 3 rings (SSSR count). The van der Waals surface area contributed by atoms with Gasteiger partial charge in [-0.15, -0.1) is 0 Å². The smallest absolute Gasteiger partial charge is 0.241 e. The number of ether oxygens (including phenoxy) is 1. The molecule has 0 saturated carbocycles. The number of nitrogens with one attached hydrogen (secondary N) is 1. The van der Waals surface area contributed by atoms with E-state index in [0.717, 1.165) is 0 Å². The molecule has 0 unspecified atom stereocenters. The van der Waals surface area contributed by atoms with Gasteiger partial charge in [0.15, 0.2) is 0 Å². The zero-order chi connectivity index (χ0) is 19.4. The van der Waals surface area contributed by atoms with Gasteiger partial charge in [0.2, 0.25) is 10.0 Å². The van der Waals surface area contributed by atoms with Crippen molar-refractivity contribution in [2.24, 2.45) is 7.05 Å². The van der Waals surface area contributed by atoms with E-state index in [1.807, 2.05) is 12.1 Å². The highest BCUT2D eigenvalue weighted by molar-refractivity contribution is 7.89. The topological polar surface area (TPSA) is 97.0 Å². The van der Waals surface area contributed by atoms with Crippen molar-refractivity contribution in [2.45, 2.75) is 10.9 Å². The van der Waals surface area contributed by atoms with Crippen LogP contribution in [0.25, 0.3) is 0 Å². The number of hydrogen-bond donors (Lipinski definition) is 1. The van der Waals surface area contributed by atoms with E-state index in [2.05, 4.69) is 9.71 Å². The maximum absolute atomic E-state index is 13.0. The van der Waals surface area contributed by atoms with Crippen molar-refractivity contribution in [1.29, 1.82) is 5.26 Å². The Bertz CT molecular complexity index is 1100. The Morgan fingerprint density at radius 1 is 1.22 bits per heavy atom. The zero-order valence-corrected chi connectivity index (χ0v) is 15.6. The van der Waals surface area contributed by atoms with Crippen LogP contribution in [0.5, 0.6) is 5.75 Å². The fraction of sp³-hybridized carbons (Fsp3) is 0.158. The molecule has 0 bridgehead atoms. The molecule has 7 nitrogen and oxygen atoms in total. The number of nitrogens with zero attached hydrogens (tertiary/aromatic N) is 3. The van der Waals surface area contributed by atoms with Crippen LogP contribution in [0, 0.1) is 11.3 Å². The lowest BCUT2D eigenvalue weighted by atomic mass is 10.1. The molecule has 1 atom stereocenters. The highest BCUT2D eigenvalue weighted by Gasteiger charge is 2.28. The summed E-state index contributed by atoms with van der Waals surface area (Å²) in [6.07, 6.45) is 3.34. The summed E-state index contributed by atoms with van der Waals surface area (Å²) in [5, 5.41) is 9.05. The van der Waals surface area contributed by atoms with Crippen LogP contribution in [0.15, 0.2) is 65.8 Å². The van der Waals surface area contributed by atoms with Gasteiger partial charge in [-0.1, -0.05) is 24.3 Å². The van der Waals surface area contributed by atoms with Gasteiger partial charge in [-0.3, -0.25) is 0 Å². The Labute approximate surface area is 157 Å². The number of benzene rings is 2. The Morgan fingerprint density at radius 3 is 2.67 bits per heavy atom. The molecule has 1 heterocycles. The van der Waals surface area contributed by atoms with Gasteiger partial charge in [0.1, 0.15) is 17.6 Å². The first-order valence-electron chi connectivity index (χ1n) is 8.09. The zero-order valence-electron chi connectivity index (χ0n) is 14.8. The fourth-order valence-electron chi connectivity index (χ4n) is 2.77. The summed E-state index contributed by atoms with van der Waals surface area (Å²) in [5.41, 5.74) is 0.901. The second kappa shape index (κ2) is 7.61. The molecule has 0 fully saturated rings. The molecule has 0 saturated heterocycles. The Morgan fingerprint density at radius 2 is 2.00 bits per heavy atom. The van der Waals surface area contributed by atoms with Crippen LogP contribution in [-0.2, 0) is 17.1 Å². The van der Waals surface area contributed by atoms with E-state index < -0.39 is 16.1 Å². The second-order valence-electron chi connectivity index (χ2n) is 5.83. The van der Waals surface area contributed by atoms with Crippen LogP contribution < -0.4 is 9.46 Å². The van der Waals surface area contributed by atoms with E-state index in [-0.39, 0.29) is 10.5 Å². The summed E-state index contributed by atoms with van der Waals surface area (Å²) in [7, 11) is -0.604. The highest BCUT2D eigenvalue weighted by atomic mass is 32.2. The quantitative estimate of drug-likeness (QED) is 0.706. The first-order chi connectivity index (χ1) is 13.0. The van der Waals surface area contributed by atoms with Gasteiger partial charge < -0.3 is 9.30 Å². The minimum Gasteiger partial charge on any atom is -0.496 e. The van der Waals surface area contributed by atoms with Crippen LogP contribution in [-0.4, -0.2) is 25.1 Å². The van der Waals surface area contributed by atoms with Gasteiger partial charge in [0, 0.05) is 25.0 Å². The van der Waals surface area contributed by atoms with Gasteiger partial charge in [0.25, 0.3) is 0 Å². The molecule has 0 aliphatic heterocycles. The van der Waals surface area contributed by atoms with Crippen molar-refractivity contribution >= 4 is 10.0 Å². The summed E-state index contributed by atoms with van der Waals surface area (Å²) in [5.74, 6) is 1.05. The first kappa shape index (κ1) is 18.6. The van der Waals surface area contributed by atoms with E-state index in [9.17, 15) is 8.42 Å². The van der Waals surface area contributed by atoms with Crippen LogP contribution in [0.1, 0.15) is 23.0 Å². The molecule has 0 aliphatic rings. The van der Waals surface area contributed by atoms with Gasteiger partial charge in [-0.05, 0) is 24.3 Å². The lowest BCUT2D eigenvalue weighted by Gasteiger charge is -2.21. The van der Waals surface area contributed by atoms with Gasteiger partial charge in [0.05, 0.1) is 23.6 Å². The third kappa shape index (κ3) is 3.84. The molecule has 138 valence electrons. The summed E-state index contributed by atoms with van der Waals surface area (Å²) in [4.78, 5) is 4.32. The Balaban J connectivity index is 2.09. The van der Waals surface area contributed by atoms with E-state index in [1.165, 1.54) is 25.3 Å². The van der Waals surface area contributed by atoms with Crippen molar-refractivity contribution in [3.05, 3.63) is 77.9 Å². The van der Waals surface area contributed by atoms with Crippen molar-refractivity contribution in [3.8, 4) is 11.8 Å². The lowest BCUT2D eigenvalue weighted by molar-refractivity contribution is 0.405. The fourth-order valence-corrected chi connectivity index (χ4v) is 3.99. The molecule has 2 aromatic carbocycles. The van der Waals surface area contributed by atoms with Crippen LogP contribution in [0.2, 0.25) is 0 Å². The number of methoxy groups -OCH3 is 1. The summed E-state index contributed by atoms with van der Waals surface area (Å²) < 4.78 is 35.8. The second-order valence-corrected chi connectivity index (χ2v) is 7.55. The normalized spacial score (nSPS) is 12.3. The molecule has 1 N–H and O–H groups in total. The number of sulfonamides is 1. The average Bonchev–Trinajstić information content (AvgIpc) is 3.12. The number of aromatic nitrogens is 2. The molecule has 8 heteroatoms. The molecule has 1 aromatic heterocycles. The predicted octanol–water partition coefficient (Wildman–Crippen LogP) is 2.37. The molecular formula is C19H18N4O3S. The van der Waals surface area contributed by atoms with Crippen molar-refractivity contribution in [3.63, 3.8) is 0 Å². The van der Waals surface area contributed by atoms with Crippen LogP contribution in [0.3, 0.4) is 0 Å². The van der Waals surface area contributed by atoms with Crippen molar-refractivity contribution in [1.82, 2.24) is 14.3 Å². The molecule has 0 amide bonds. The number of aryl methyl sites for hydroxylation is 1.